The lowest BCUT2D eigenvalue weighted by Gasteiger charge is -1.72. The Kier molecular flexibility index (Phi) is 8.38. The van der Waals surface area contributed by atoms with E-state index in [2.05, 4.69) is 21.4 Å². The summed E-state index contributed by atoms with van der Waals surface area (Å²) in [6.07, 6.45) is 0. The van der Waals surface area contributed by atoms with Gasteiger partial charge in [0.1, 0.15) is 0 Å². The van der Waals surface area contributed by atoms with Crippen molar-refractivity contribution >= 4 is 42.5 Å². The minimum atomic E-state index is -1.82. The molecule has 0 aliphatic heterocycles. The van der Waals surface area contributed by atoms with Gasteiger partial charge in [-0.25, -0.2) is 13.8 Å². The third-order valence-corrected chi connectivity index (χ3v) is 0.183. The number of carboxylic acid groups (broad SMARTS) is 2. The van der Waals surface area contributed by atoms with Gasteiger partial charge in [-0.1, -0.05) is 0 Å². The van der Waals surface area contributed by atoms with Gasteiger partial charge in [0.15, 0.2) is 0 Å². The number of rotatable bonds is 0. The van der Waals surface area contributed by atoms with Gasteiger partial charge in [0.05, 0.1) is 0 Å². The average molecular weight is 209 g/mol. The van der Waals surface area contributed by atoms with Crippen molar-refractivity contribution in [3.05, 3.63) is 0 Å². The van der Waals surface area contributed by atoms with Crippen LogP contribution in [-0.4, -0.2) is 26.4 Å². The van der Waals surface area contributed by atoms with E-state index in [0.717, 1.165) is 0 Å². The Bertz CT molecular complexity index is 140. The molecular weight excluding hydrogens is 207 g/mol. The monoisotopic (exact) mass is 208 g/mol. The molecule has 0 aliphatic rings. The summed E-state index contributed by atoms with van der Waals surface area (Å²) < 4.78 is 9.09. The normalized spacial score (nSPS) is 7.90. The van der Waals surface area contributed by atoms with E-state index in [0.29, 0.717) is 0 Å². The van der Waals surface area contributed by atoms with Crippen LogP contribution in [0.4, 0.5) is 0 Å². The SMILES string of the molecule is O=C(O)C(=O)O.O=S(Cl)Cl. The molecule has 0 bridgehead atoms. The highest BCUT2D eigenvalue weighted by molar-refractivity contribution is 8.26. The summed E-state index contributed by atoms with van der Waals surface area (Å²) in [6.45, 7) is 0. The first-order chi connectivity index (χ1) is 4.37. The Morgan fingerprint density at radius 3 is 1.20 bits per heavy atom. The van der Waals surface area contributed by atoms with Crippen molar-refractivity contribution in [2.45, 2.75) is 0 Å². The summed E-state index contributed by atoms with van der Waals surface area (Å²) in [7, 11) is 7.36. The first kappa shape index (κ1) is 12.4. The highest BCUT2D eigenvalue weighted by Crippen LogP contribution is 1.89. The molecule has 0 fully saturated rings. The van der Waals surface area contributed by atoms with Crippen LogP contribution in [0.3, 0.4) is 0 Å². The maximum Gasteiger partial charge on any atom is 0.414 e. The van der Waals surface area contributed by atoms with Gasteiger partial charge < -0.3 is 10.2 Å². The fraction of sp³-hybridized carbons (Fsp3) is 0. The molecule has 2 N–H and O–H groups in total. The first-order valence-electron chi connectivity index (χ1n) is 1.58. The summed E-state index contributed by atoms with van der Waals surface area (Å²) in [5.74, 6) is -3.65. The second kappa shape index (κ2) is 6.79. The molecule has 0 radical (unpaired) electrons. The fourth-order valence-corrected chi connectivity index (χ4v) is 0. The number of carbonyl (C=O) groups is 2. The topological polar surface area (TPSA) is 91.7 Å². The zero-order valence-corrected chi connectivity index (χ0v) is 6.61. The highest BCUT2D eigenvalue weighted by Gasteiger charge is 2.04. The van der Waals surface area contributed by atoms with Crippen LogP contribution in [-0.2, 0) is 18.8 Å². The molecule has 0 saturated heterocycles. The fourth-order valence-electron chi connectivity index (χ4n) is 0. The summed E-state index contributed by atoms with van der Waals surface area (Å²) in [5, 5.41) is 14.8. The molecule has 5 nitrogen and oxygen atoms in total. The molecular formula is C2H2Cl2O5S. The van der Waals surface area contributed by atoms with Crippen LogP contribution < -0.4 is 0 Å². The predicted octanol–water partition coefficient (Wildman–Crippen LogP) is 0.198. The van der Waals surface area contributed by atoms with Gasteiger partial charge in [-0.05, 0) is 0 Å². The Morgan fingerprint density at radius 1 is 1.10 bits per heavy atom. The van der Waals surface area contributed by atoms with Gasteiger partial charge in [-0.15, -0.1) is 0 Å². The molecule has 0 saturated carbocycles. The lowest BCUT2D eigenvalue weighted by Crippen LogP contribution is -2.09. The molecule has 0 amide bonds. The number of carboxylic acids is 2. The van der Waals surface area contributed by atoms with Crippen molar-refractivity contribution in [3.8, 4) is 0 Å². The van der Waals surface area contributed by atoms with Crippen molar-refractivity contribution in [3.63, 3.8) is 0 Å². The average Bonchev–Trinajstić information content (AvgIpc) is 1.63. The molecule has 0 aromatic heterocycles. The minimum absolute atomic E-state index is 1.67. The Labute approximate surface area is 67.0 Å². The molecule has 0 heterocycles. The lowest BCUT2D eigenvalue weighted by molar-refractivity contribution is -0.159. The molecule has 10 heavy (non-hydrogen) atoms. The summed E-state index contributed by atoms with van der Waals surface area (Å²) in [4.78, 5) is 18.2. The van der Waals surface area contributed by atoms with Gasteiger partial charge in [-0.3, -0.25) is 0 Å². The molecule has 0 rings (SSSR count). The zero-order chi connectivity index (χ0) is 8.73. The zero-order valence-electron chi connectivity index (χ0n) is 4.28. The van der Waals surface area contributed by atoms with Crippen LogP contribution in [0.2, 0.25) is 0 Å². The smallest absolute Gasteiger partial charge is 0.414 e. The van der Waals surface area contributed by atoms with Crippen molar-refractivity contribution in [1.29, 1.82) is 0 Å². The number of halogens is 2. The lowest BCUT2D eigenvalue weighted by atomic mass is 10.7. The van der Waals surface area contributed by atoms with Crippen LogP contribution in [0.15, 0.2) is 0 Å². The third kappa shape index (κ3) is 25.3. The van der Waals surface area contributed by atoms with Gasteiger partial charge in [0.2, 0.25) is 9.23 Å². The third-order valence-electron chi connectivity index (χ3n) is 0.183. The van der Waals surface area contributed by atoms with Gasteiger partial charge in [0.25, 0.3) is 0 Å². The van der Waals surface area contributed by atoms with Crippen molar-refractivity contribution < 1.29 is 24.0 Å². The second-order valence-electron chi connectivity index (χ2n) is 0.795. The van der Waals surface area contributed by atoms with Crippen molar-refractivity contribution in [2.75, 3.05) is 0 Å². The Morgan fingerprint density at radius 2 is 1.20 bits per heavy atom. The maximum atomic E-state index is 9.10. The molecule has 8 heteroatoms. The van der Waals surface area contributed by atoms with E-state index in [1.807, 2.05) is 0 Å². The minimum Gasteiger partial charge on any atom is -0.473 e. The molecule has 0 aromatic carbocycles. The number of hydrogen-bond acceptors (Lipinski definition) is 3. The van der Waals surface area contributed by atoms with E-state index in [-0.39, 0.29) is 0 Å². The Balaban J connectivity index is 0. The van der Waals surface area contributed by atoms with E-state index in [1.54, 1.807) is 0 Å². The molecule has 60 valence electrons. The van der Waals surface area contributed by atoms with Crippen molar-refractivity contribution in [2.24, 2.45) is 0 Å². The van der Waals surface area contributed by atoms with Crippen molar-refractivity contribution in [1.82, 2.24) is 0 Å². The predicted molar refractivity (Wildman–Crippen MR) is 35.1 cm³/mol. The number of aliphatic carboxylic acids is 2. The van der Waals surface area contributed by atoms with Gasteiger partial charge in [0, 0.05) is 21.4 Å². The van der Waals surface area contributed by atoms with E-state index in [9.17, 15) is 0 Å². The van der Waals surface area contributed by atoms with Crippen LogP contribution in [0.25, 0.3) is 0 Å². The number of hydrogen-bond donors (Lipinski definition) is 2. The summed E-state index contributed by atoms with van der Waals surface area (Å²) in [6, 6.07) is 0. The van der Waals surface area contributed by atoms with E-state index in [4.69, 9.17) is 24.0 Å². The maximum absolute atomic E-state index is 9.10. The van der Waals surface area contributed by atoms with Crippen LogP contribution in [0.1, 0.15) is 0 Å². The molecule has 0 spiro atoms. The van der Waals surface area contributed by atoms with E-state index < -0.39 is 21.2 Å². The summed E-state index contributed by atoms with van der Waals surface area (Å²) >= 11 is 0. The first-order valence-corrected chi connectivity index (χ1v) is 4.38. The quantitative estimate of drug-likeness (QED) is 0.439. The highest BCUT2D eigenvalue weighted by atomic mass is 36.0. The molecule has 0 aromatic rings. The van der Waals surface area contributed by atoms with Gasteiger partial charge in [-0.2, -0.15) is 0 Å². The molecule has 0 atom stereocenters. The largest absolute Gasteiger partial charge is 0.473 e. The van der Waals surface area contributed by atoms with Crippen LogP contribution >= 0.6 is 21.4 Å². The van der Waals surface area contributed by atoms with E-state index in [1.165, 1.54) is 0 Å². The summed E-state index contributed by atoms with van der Waals surface area (Å²) in [5.41, 5.74) is 0. The van der Waals surface area contributed by atoms with E-state index >= 15 is 0 Å². The van der Waals surface area contributed by atoms with Crippen LogP contribution in [0, 0.1) is 0 Å². The standard InChI is InChI=1S/C2H2O4.Cl2OS/c3-1(4)2(5)6;1-4(2)3/h(H,3,4)(H,5,6);. The van der Waals surface area contributed by atoms with Crippen LogP contribution in [0.5, 0.6) is 0 Å². The molecule has 0 aliphatic carbocycles. The Hall–Kier alpha value is -0.330. The van der Waals surface area contributed by atoms with Gasteiger partial charge >= 0.3 is 11.9 Å². The molecule has 0 unspecified atom stereocenters. The second-order valence-corrected chi connectivity index (χ2v) is 3.32.